The first-order valence-corrected chi connectivity index (χ1v) is 7.87. The molecule has 0 aliphatic carbocycles. The van der Waals surface area contributed by atoms with E-state index in [9.17, 15) is 4.79 Å². The number of nitrogens with zero attached hydrogens (tertiary/aromatic N) is 2. The molecule has 0 bridgehead atoms. The van der Waals surface area contributed by atoms with Crippen molar-refractivity contribution in [1.82, 2.24) is 4.57 Å². The van der Waals surface area contributed by atoms with Crippen LogP contribution in [0.2, 0.25) is 0 Å². The summed E-state index contributed by atoms with van der Waals surface area (Å²) in [5.41, 5.74) is 2.42. The van der Waals surface area contributed by atoms with E-state index in [1.807, 2.05) is 23.1 Å². The highest BCUT2D eigenvalue weighted by molar-refractivity contribution is 7.07. The minimum atomic E-state index is -0.495. The number of amides is 1. The van der Waals surface area contributed by atoms with Gasteiger partial charge in [-0.1, -0.05) is 29.8 Å². The maximum absolute atomic E-state index is 12.0. The third-order valence-corrected chi connectivity index (χ3v) is 3.90. The smallest absolute Gasteiger partial charge is 0.277 e. The molecular formula is C16H20N2O2S. The first-order chi connectivity index (χ1) is 10.1. The molecule has 2 rings (SSSR count). The van der Waals surface area contributed by atoms with Crippen molar-refractivity contribution in [2.45, 2.75) is 33.4 Å². The summed E-state index contributed by atoms with van der Waals surface area (Å²) in [7, 11) is 0. The highest BCUT2D eigenvalue weighted by Crippen LogP contribution is 2.05. The summed E-state index contributed by atoms with van der Waals surface area (Å²) in [6.07, 6.45) is 1.45. The largest absolute Gasteiger partial charge is 0.369 e. The van der Waals surface area contributed by atoms with Crippen LogP contribution in [0.1, 0.15) is 25.0 Å². The van der Waals surface area contributed by atoms with E-state index in [-0.39, 0.29) is 5.91 Å². The van der Waals surface area contributed by atoms with Gasteiger partial charge in [0.1, 0.15) is 6.10 Å². The van der Waals surface area contributed by atoms with Gasteiger partial charge < -0.3 is 9.30 Å². The molecule has 0 aliphatic rings. The summed E-state index contributed by atoms with van der Waals surface area (Å²) in [4.78, 5) is 16.8. The monoisotopic (exact) mass is 304 g/mol. The fraction of sp³-hybridized carbons (Fsp3) is 0.375. The molecule has 1 amide bonds. The molecule has 5 heteroatoms. The average Bonchev–Trinajstić information content (AvgIpc) is 2.89. The van der Waals surface area contributed by atoms with E-state index >= 15 is 0 Å². The number of thiazole rings is 1. The highest BCUT2D eigenvalue weighted by Gasteiger charge is 2.11. The van der Waals surface area contributed by atoms with Crippen molar-refractivity contribution in [2.24, 2.45) is 4.99 Å². The Labute approximate surface area is 128 Å². The van der Waals surface area contributed by atoms with E-state index in [2.05, 4.69) is 36.2 Å². The molecule has 0 spiro atoms. The lowest BCUT2D eigenvalue weighted by Gasteiger charge is -2.07. The highest BCUT2D eigenvalue weighted by atomic mass is 32.1. The summed E-state index contributed by atoms with van der Waals surface area (Å²) < 4.78 is 7.25. The van der Waals surface area contributed by atoms with Gasteiger partial charge >= 0.3 is 0 Å². The number of benzene rings is 1. The van der Waals surface area contributed by atoms with Gasteiger partial charge in [-0.25, -0.2) is 0 Å². The number of hydrogen-bond acceptors (Lipinski definition) is 3. The van der Waals surface area contributed by atoms with E-state index in [1.54, 1.807) is 6.92 Å². The predicted molar refractivity (Wildman–Crippen MR) is 84.2 cm³/mol. The molecule has 1 atom stereocenters. The standard InChI is InChI=1S/C16H20N2O2S/c1-4-20-13(3)15(19)17-16-18(9-10-21-16)11-14-7-5-12(2)6-8-14/h5-10,13H,4,11H2,1-3H3. The summed E-state index contributed by atoms with van der Waals surface area (Å²) in [5.74, 6) is -0.239. The van der Waals surface area contributed by atoms with Crippen LogP contribution in [0.15, 0.2) is 40.8 Å². The number of aryl methyl sites for hydroxylation is 1. The van der Waals surface area contributed by atoms with Gasteiger partial charge in [0, 0.05) is 24.7 Å². The first kappa shape index (κ1) is 15.7. The Balaban J connectivity index is 2.18. The van der Waals surface area contributed by atoms with Crippen molar-refractivity contribution < 1.29 is 9.53 Å². The Morgan fingerprint density at radius 1 is 1.38 bits per heavy atom. The van der Waals surface area contributed by atoms with Gasteiger partial charge in [0.05, 0.1) is 0 Å². The van der Waals surface area contributed by atoms with E-state index in [1.165, 1.54) is 22.5 Å². The maximum atomic E-state index is 12.0. The minimum absolute atomic E-state index is 0.239. The van der Waals surface area contributed by atoms with Crippen LogP contribution in [0.5, 0.6) is 0 Å². The minimum Gasteiger partial charge on any atom is -0.369 e. The SMILES string of the molecule is CCOC(C)C(=O)N=c1sccn1Cc1ccc(C)cc1. The first-order valence-electron chi connectivity index (χ1n) is 6.99. The second-order valence-corrected chi connectivity index (χ2v) is 5.72. The molecule has 2 aromatic rings. The van der Waals surface area contributed by atoms with Crippen molar-refractivity contribution in [3.63, 3.8) is 0 Å². The molecule has 21 heavy (non-hydrogen) atoms. The van der Waals surface area contributed by atoms with E-state index in [4.69, 9.17) is 4.74 Å². The third-order valence-electron chi connectivity index (χ3n) is 3.10. The Kier molecular flexibility index (Phi) is 5.47. The summed E-state index contributed by atoms with van der Waals surface area (Å²) in [5, 5.41) is 1.94. The molecule has 112 valence electrons. The molecule has 0 N–H and O–H groups in total. The van der Waals surface area contributed by atoms with Gasteiger partial charge in [-0.2, -0.15) is 4.99 Å². The van der Waals surface area contributed by atoms with E-state index in [0.717, 1.165) is 0 Å². The second-order valence-electron chi connectivity index (χ2n) is 4.85. The molecule has 0 aliphatic heterocycles. The van der Waals surface area contributed by atoms with Gasteiger partial charge in [0.25, 0.3) is 5.91 Å². The molecule has 1 heterocycles. The van der Waals surface area contributed by atoms with Gasteiger partial charge in [0.2, 0.25) is 0 Å². The molecule has 1 aromatic heterocycles. The lowest BCUT2D eigenvalue weighted by molar-refractivity contribution is -0.128. The van der Waals surface area contributed by atoms with Crippen LogP contribution in [-0.4, -0.2) is 23.2 Å². The van der Waals surface area contributed by atoms with Crippen LogP contribution in [0.3, 0.4) is 0 Å². The van der Waals surface area contributed by atoms with Crippen LogP contribution >= 0.6 is 11.3 Å². The molecule has 0 saturated carbocycles. The van der Waals surface area contributed by atoms with E-state index < -0.39 is 6.10 Å². The van der Waals surface area contributed by atoms with Crippen LogP contribution < -0.4 is 4.80 Å². The van der Waals surface area contributed by atoms with Crippen LogP contribution in [-0.2, 0) is 16.1 Å². The van der Waals surface area contributed by atoms with Crippen LogP contribution in [0.4, 0.5) is 0 Å². The average molecular weight is 304 g/mol. The number of ether oxygens (including phenoxy) is 1. The molecule has 4 nitrogen and oxygen atoms in total. The zero-order valence-corrected chi connectivity index (χ0v) is 13.4. The lowest BCUT2D eigenvalue weighted by atomic mass is 10.1. The zero-order valence-electron chi connectivity index (χ0n) is 12.6. The quantitative estimate of drug-likeness (QED) is 0.852. The summed E-state index contributed by atoms with van der Waals surface area (Å²) in [6.45, 7) is 6.88. The van der Waals surface area contributed by atoms with Crippen LogP contribution in [0.25, 0.3) is 0 Å². The van der Waals surface area contributed by atoms with Gasteiger partial charge in [-0.3, -0.25) is 4.79 Å². The molecule has 1 aromatic carbocycles. The fourth-order valence-corrected chi connectivity index (χ4v) is 2.64. The predicted octanol–water partition coefficient (Wildman–Crippen LogP) is 2.76. The normalized spacial score (nSPS) is 13.4. The van der Waals surface area contributed by atoms with Crippen molar-refractivity contribution in [2.75, 3.05) is 6.61 Å². The van der Waals surface area contributed by atoms with Crippen molar-refractivity contribution in [1.29, 1.82) is 0 Å². The van der Waals surface area contributed by atoms with Gasteiger partial charge in [-0.15, -0.1) is 11.3 Å². The van der Waals surface area contributed by atoms with Crippen molar-refractivity contribution >= 4 is 17.2 Å². The van der Waals surface area contributed by atoms with Crippen molar-refractivity contribution in [3.8, 4) is 0 Å². The van der Waals surface area contributed by atoms with Crippen molar-refractivity contribution in [3.05, 3.63) is 51.8 Å². The number of carbonyl (C=O) groups is 1. The Morgan fingerprint density at radius 2 is 2.10 bits per heavy atom. The Morgan fingerprint density at radius 3 is 2.76 bits per heavy atom. The Bertz CT molecular complexity index is 655. The number of hydrogen-bond donors (Lipinski definition) is 0. The molecular weight excluding hydrogens is 284 g/mol. The molecule has 1 unspecified atom stereocenters. The van der Waals surface area contributed by atoms with Crippen LogP contribution in [0, 0.1) is 6.92 Å². The third kappa shape index (κ3) is 4.37. The maximum Gasteiger partial charge on any atom is 0.277 e. The lowest BCUT2D eigenvalue weighted by Crippen LogP contribution is -2.24. The molecule has 0 radical (unpaired) electrons. The van der Waals surface area contributed by atoms with Gasteiger partial charge in [0.15, 0.2) is 4.80 Å². The topological polar surface area (TPSA) is 43.6 Å². The zero-order chi connectivity index (χ0) is 15.2. The Hall–Kier alpha value is -1.72. The van der Waals surface area contributed by atoms with E-state index in [0.29, 0.717) is 18.0 Å². The molecule has 0 fully saturated rings. The number of carbonyl (C=O) groups excluding carboxylic acids is 1. The summed E-state index contributed by atoms with van der Waals surface area (Å²) in [6, 6.07) is 8.35. The fourth-order valence-electron chi connectivity index (χ4n) is 1.90. The van der Waals surface area contributed by atoms with Gasteiger partial charge in [-0.05, 0) is 26.3 Å². The number of rotatable bonds is 5. The summed E-state index contributed by atoms with van der Waals surface area (Å²) >= 11 is 1.46. The second kappa shape index (κ2) is 7.33. The number of aromatic nitrogens is 1. The molecule has 0 saturated heterocycles.